The zero-order valence-corrected chi connectivity index (χ0v) is 16.3. The second-order valence-corrected chi connectivity index (χ2v) is 6.98. The summed E-state index contributed by atoms with van der Waals surface area (Å²) in [7, 11) is 0. The number of amides is 1. The lowest BCUT2D eigenvalue weighted by molar-refractivity contribution is -0.150. The smallest absolute Gasteiger partial charge is 0.344 e. The molecule has 0 heterocycles. The molecule has 0 aliphatic heterocycles. The molecule has 0 spiro atoms. The summed E-state index contributed by atoms with van der Waals surface area (Å²) >= 11 is 1.74. The van der Waals surface area contributed by atoms with Crippen LogP contribution in [0.1, 0.15) is 18.9 Å². The third-order valence-electron chi connectivity index (χ3n) is 3.71. The van der Waals surface area contributed by atoms with Crippen molar-refractivity contribution in [2.24, 2.45) is 0 Å². The van der Waals surface area contributed by atoms with Gasteiger partial charge in [0.1, 0.15) is 5.75 Å². The number of thioether (sulfide) groups is 1. The van der Waals surface area contributed by atoms with Crippen LogP contribution in [0.5, 0.6) is 5.75 Å². The number of hydrogen-bond acceptors (Lipinski definition) is 5. The molecule has 0 aromatic heterocycles. The van der Waals surface area contributed by atoms with E-state index in [1.807, 2.05) is 42.5 Å². The molecular formula is C21H25NO4S. The quantitative estimate of drug-likeness (QED) is 0.363. The third kappa shape index (κ3) is 8.64. The highest BCUT2D eigenvalue weighted by molar-refractivity contribution is 7.99. The van der Waals surface area contributed by atoms with Crippen molar-refractivity contribution in [3.05, 3.63) is 60.2 Å². The Morgan fingerprint density at radius 1 is 1.00 bits per heavy atom. The molecule has 0 bridgehead atoms. The summed E-state index contributed by atoms with van der Waals surface area (Å²) in [5.41, 5.74) is 1.20. The summed E-state index contributed by atoms with van der Waals surface area (Å²) < 4.78 is 10.3. The zero-order valence-electron chi connectivity index (χ0n) is 15.5. The number of esters is 1. The van der Waals surface area contributed by atoms with Gasteiger partial charge in [-0.3, -0.25) is 4.79 Å². The van der Waals surface area contributed by atoms with Crippen molar-refractivity contribution in [2.45, 2.75) is 24.7 Å². The van der Waals surface area contributed by atoms with Gasteiger partial charge in [0, 0.05) is 11.4 Å². The summed E-state index contributed by atoms with van der Waals surface area (Å²) in [5.74, 6) is 0.642. The van der Waals surface area contributed by atoms with Crippen LogP contribution in [0, 0.1) is 0 Å². The molecule has 2 rings (SSSR count). The molecule has 27 heavy (non-hydrogen) atoms. The van der Waals surface area contributed by atoms with Gasteiger partial charge in [0.25, 0.3) is 5.91 Å². The maximum atomic E-state index is 11.7. The normalized spacial score (nSPS) is 10.3. The van der Waals surface area contributed by atoms with E-state index in [-0.39, 0.29) is 19.1 Å². The topological polar surface area (TPSA) is 64.6 Å². The number of carbonyl (C=O) groups excluding carboxylic acids is 2. The van der Waals surface area contributed by atoms with E-state index in [9.17, 15) is 9.59 Å². The van der Waals surface area contributed by atoms with Crippen LogP contribution in [-0.2, 0) is 20.7 Å². The number of benzene rings is 2. The summed E-state index contributed by atoms with van der Waals surface area (Å²) in [6, 6.07) is 17.6. The molecule has 2 aromatic rings. The Kier molecular flexibility index (Phi) is 9.27. The molecule has 2 aromatic carbocycles. The molecule has 0 unspecified atom stereocenters. The van der Waals surface area contributed by atoms with E-state index >= 15 is 0 Å². The van der Waals surface area contributed by atoms with Gasteiger partial charge in [-0.25, -0.2) is 4.79 Å². The number of carbonyl (C=O) groups is 2. The molecule has 5 nitrogen and oxygen atoms in total. The fraction of sp³-hybridized carbons (Fsp3) is 0.333. The molecule has 6 heteroatoms. The van der Waals surface area contributed by atoms with Gasteiger partial charge < -0.3 is 14.8 Å². The number of hydrogen-bond donors (Lipinski definition) is 1. The van der Waals surface area contributed by atoms with Gasteiger partial charge in [-0.05, 0) is 48.4 Å². The van der Waals surface area contributed by atoms with E-state index in [2.05, 4.69) is 24.4 Å². The van der Waals surface area contributed by atoms with Crippen molar-refractivity contribution in [3.8, 4) is 5.75 Å². The number of aryl methyl sites for hydroxylation is 1. The van der Waals surface area contributed by atoms with E-state index in [0.717, 1.165) is 18.6 Å². The average molecular weight is 388 g/mol. The first-order chi connectivity index (χ1) is 13.2. The predicted molar refractivity (Wildman–Crippen MR) is 107 cm³/mol. The number of nitrogens with one attached hydrogen (secondary N) is 1. The molecule has 1 amide bonds. The van der Waals surface area contributed by atoms with Crippen LogP contribution in [0.25, 0.3) is 0 Å². The minimum absolute atomic E-state index is 0.216. The Morgan fingerprint density at radius 3 is 2.44 bits per heavy atom. The lowest BCUT2D eigenvalue weighted by Gasteiger charge is -2.08. The first-order valence-corrected chi connectivity index (χ1v) is 9.98. The lowest BCUT2D eigenvalue weighted by Crippen LogP contribution is -2.30. The van der Waals surface area contributed by atoms with Gasteiger partial charge in [-0.1, -0.05) is 37.3 Å². The van der Waals surface area contributed by atoms with E-state index in [0.29, 0.717) is 12.3 Å². The van der Waals surface area contributed by atoms with Crippen LogP contribution in [0.2, 0.25) is 0 Å². The van der Waals surface area contributed by atoms with Gasteiger partial charge >= 0.3 is 5.97 Å². The van der Waals surface area contributed by atoms with E-state index in [4.69, 9.17) is 9.47 Å². The fourth-order valence-corrected chi connectivity index (χ4v) is 3.08. The van der Waals surface area contributed by atoms with Crippen molar-refractivity contribution in [3.63, 3.8) is 0 Å². The van der Waals surface area contributed by atoms with Crippen LogP contribution in [0.4, 0.5) is 0 Å². The van der Waals surface area contributed by atoms with Crippen molar-refractivity contribution in [1.29, 1.82) is 0 Å². The Morgan fingerprint density at radius 2 is 1.74 bits per heavy atom. The van der Waals surface area contributed by atoms with Gasteiger partial charge in [0.2, 0.25) is 0 Å². The largest absolute Gasteiger partial charge is 0.482 e. The molecular weight excluding hydrogens is 362 g/mol. The molecule has 0 saturated carbocycles. The molecule has 0 aliphatic rings. The first kappa shape index (κ1) is 20.8. The summed E-state index contributed by atoms with van der Waals surface area (Å²) in [4.78, 5) is 24.5. The Balaban J connectivity index is 1.52. The van der Waals surface area contributed by atoms with Crippen LogP contribution < -0.4 is 10.1 Å². The Bertz CT molecular complexity index is 704. The third-order valence-corrected chi connectivity index (χ3v) is 4.81. The van der Waals surface area contributed by atoms with Gasteiger partial charge in [-0.2, -0.15) is 0 Å². The number of ether oxygens (including phenoxy) is 2. The second-order valence-electron chi connectivity index (χ2n) is 5.81. The second kappa shape index (κ2) is 12.0. The molecule has 1 N–H and O–H groups in total. The summed E-state index contributed by atoms with van der Waals surface area (Å²) in [6.45, 7) is 2.12. The molecule has 0 fully saturated rings. The SMILES string of the molecule is CCc1ccc(OCC(=O)OCC(=O)NCCCSc2ccccc2)cc1. The zero-order chi connectivity index (χ0) is 19.3. The predicted octanol–water partition coefficient (Wildman–Crippen LogP) is 3.47. The van der Waals surface area contributed by atoms with Crippen LogP contribution in [0.15, 0.2) is 59.5 Å². The van der Waals surface area contributed by atoms with Gasteiger partial charge in [0.05, 0.1) is 0 Å². The van der Waals surface area contributed by atoms with E-state index in [1.165, 1.54) is 10.5 Å². The number of rotatable bonds is 11. The highest BCUT2D eigenvalue weighted by atomic mass is 32.2. The van der Waals surface area contributed by atoms with Gasteiger partial charge in [-0.15, -0.1) is 11.8 Å². The fourth-order valence-electron chi connectivity index (χ4n) is 2.21. The lowest BCUT2D eigenvalue weighted by atomic mass is 10.2. The molecule has 0 radical (unpaired) electrons. The monoisotopic (exact) mass is 387 g/mol. The Hall–Kier alpha value is -2.47. The maximum absolute atomic E-state index is 11.7. The summed E-state index contributed by atoms with van der Waals surface area (Å²) in [6.07, 6.45) is 1.79. The molecule has 0 aliphatic carbocycles. The van der Waals surface area contributed by atoms with Crippen molar-refractivity contribution in [2.75, 3.05) is 25.5 Å². The Labute approximate surface area is 164 Å². The highest BCUT2D eigenvalue weighted by Gasteiger charge is 2.08. The maximum Gasteiger partial charge on any atom is 0.344 e. The average Bonchev–Trinajstić information content (AvgIpc) is 2.71. The van der Waals surface area contributed by atoms with Crippen molar-refractivity contribution in [1.82, 2.24) is 5.32 Å². The molecule has 144 valence electrons. The van der Waals surface area contributed by atoms with Crippen LogP contribution in [-0.4, -0.2) is 37.4 Å². The molecule has 0 atom stereocenters. The first-order valence-electron chi connectivity index (χ1n) is 8.99. The van der Waals surface area contributed by atoms with E-state index in [1.54, 1.807) is 11.8 Å². The summed E-state index contributed by atoms with van der Waals surface area (Å²) in [5, 5.41) is 2.74. The van der Waals surface area contributed by atoms with Crippen molar-refractivity contribution >= 4 is 23.6 Å². The minimum Gasteiger partial charge on any atom is -0.482 e. The van der Waals surface area contributed by atoms with Crippen molar-refractivity contribution < 1.29 is 19.1 Å². The standard InChI is InChI=1S/C21H25NO4S/c1-2-17-9-11-18(12-10-17)25-16-21(24)26-15-20(23)22-13-6-14-27-19-7-4-3-5-8-19/h3-5,7-12H,2,6,13-16H2,1H3,(H,22,23). The highest BCUT2D eigenvalue weighted by Crippen LogP contribution is 2.17. The molecule has 0 saturated heterocycles. The van der Waals surface area contributed by atoms with Crippen LogP contribution >= 0.6 is 11.8 Å². The minimum atomic E-state index is -0.565. The van der Waals surface area contributed by atoms with E-state index < -0.39 is 5.97 Å². The van der Waals surface area contributed by atoms with Crippen LogP contribution in [0.3, 0.4) is 0 Å². The van der Waals surface area contributed by atoms with Gasteiger partial charge in [0.15, 0.2) is 13.2 Å².